The predicted octanol–water partition coefficient (Wildman–Crippen LogP) is 2.65. The van der Waals surface area contributed by atoms with Gasteiger partial charge in [-0.1, -0.05) is 35.9 Å². The predicted molar refractivity (Wildman–Crippen MR) is 58.3 cm³/mol. The quantitative estimate of drug-likeness (QED) is 0.707. The zero-order valence-corrected chi connectivity index (χ0v) is 8.70. The SMILES string of the molecule is CC(C)=CC(O)C1Cc2ccccc21. The molecule has 2 atom stereocenters. The summed E-state index contributed by atoms with van der Waals surface area (Å²) in [5.74, 6) is 0.320. The molecule has 1 aliphatic carbocycles. The smallest absolute Gasteiger partial charge is 0.0795 e. The van der Waals surface area contributed by atoms with Crippen LogP contribution < -0.4 is 0 Å². The molecule has 0 saturated heterocycles. The van der Waals surface area contributed by atoms with E-state index >= 15 is 0 Å². The lowest BCUT2D eigenvalue weighted by atomic mass is 9.74. The van der Waals surface area contributed by atoms with Gasteiger partial charge in [-0.05, 0) is 31.4 Å². The normalized spacial score (nSPS) is 20.6. The van der Waals surface area contributed by atoms with Crippen molar-refractivity contribution >= 4 is 0 Å². The maximum absolute atomic E-state index is 9.91. The molecule has 0 bridgehead atoms. The Morgan fingerprint density at radius 1 is 1.43 bits per heavy atom. The molecule has 0 aromatic heterocycles. The number of allylic oxidation sites excluding steroid dienone is 1. The molecule has 1 aliphatic rings. The van der Waals surface area contributed by atoms with Crippen LogP contribution in [-0.4, -0.2) is 11.2 Å². The summed E-state index contributed by atoms with van der Waals surface area (Å²) >= 11 is 0. The fourth-order valence-electron chi connectivity index (χ4n) is 2.06. The highest BCUT2D eigenvalue weighted by atomic mass is 16.3. The first-order valence-electron chi connectivity index (χ1n) is 5.09. The molecule has 0 amide bonds. The first-order chi connectivity index (χ1) is 6.68. The second-order valence-corrected chi connectivity index (χ2v) is 4.24. The molecule has 0 aliphatic heterocycles. The molecule has 14 heavy (non-hydrogen) atoms. The van der Waals surface area contributed by atoms with Gasteiger partial charge >= 0.3 is 0 Å². The largest absolute Gasteiger partial charge is 0.388 e. The van der Waals surface area contributed by atoms with Gasteiger partial charge in [0, 0.05) is 5.92 Å². The minimum absolute atomic E-state index is 0.310. The van der Waals surface area contributed by atoms with E-state index in [0.717, 1.165) is 6.42 Å². The average molecular weight is 188 g/mol. The van der Waals surface area contributed by atoms with Crippen LogP contribution in [0.3, 0.4) is 0 Å². The third-order valence-electron chi connectivity index (χ3n) is 2.81. The van der Waals surface area contributed by atoms with E-state index in [9.17, 15) is 5.11 Å². The van der Waals surface area contributed by atoms with E-state index in [1.165, 1.54) is 16.7 Å². The van der Waals surface area contributed by atoms with Crippen LogP contribution in [0.5, 0.6) is 0 Å². The summed E-state index contributed by atoms with van der Waals surface area (Å²) in [6.45, 7) is 4.04. The van der Waals surface area contributed by atoms with E-state index < -0.39 is 0 Å². The molecule has 0 radical (unpaired) electrons. The minimum atomic E-state index is -0.310. The van der Waals surface area contributed by atoms with E-state index in [0.29, 0.717) is 5.92 Å². The minimum Gasteiger partial charge on any atom is -0.388 e. The van der Waals surface area contributed by atoms with Gasteiger partial charge in [0.15, 0.2) is 0 Å². The van der Waals surface area contributed by atoms with Gasteiger partial charge in [-0.2, -0.15) is 0 Å². The van der Waals surface area contributed by atoms with Crippen molar-refractivity contribution in [3.63, 3.8) is 0 Å². The van der Waals surface area contributed by atoms with Crippen molar-refractivity contribution in [2.75, 3.05) is 0 Å². The van der Waals surface area contributed by atoms with Crippen molar-refractivity contribution in [3.8, 4) is 0 Å². The number of rotatable bonds is 2. The zero-order valence-electron chi connectivity index (χ0n) is 8.70. The maximum atomic E-state index is 9.91. The Hall–Kier alpha value is -1.08. The summed E-state index contributed by atoms with van der Waals surface area (Å²) in [7, 11) is 0. The van der Waals surface area contributed by atoms with Crippen LogP contribution in [0.15, 0.2) is 35.9 Å². The molecule has 74 valence electrons. The lowest BCUT2D eigenvalue weighted by Gasteiger charge is -2.32. The Morgan fingerprint density at radius 2 is 2.14 bits per heavy atom. The summed E-state index contributed by atoms with van der Waals surface area (Å²) in [5, 5.41) is 9.91. The van der Waals surface area contributed by atoms with Crippen molar-refractivity contribution in [2.24, 2.45) is 0 Å². The van der Waals surface area contributed by atoms with Gasteiger partial charge in [-0.25, -0.2) is 0 Å². The van der Waals surface area contributed by atoms with Crippen molar-refractivity contribution < 1.29 is 5.11 Å². The number of benzene rings is 1. The molecule has 1 aromatic carbocycles. The Labute approximate surface area is 85.1 Å². The van der Waals surface area contributed by atoms with Gasteiger partial charge in [0.1, 0.15) is 0 Å². The van der Waals surface area contributed by atoms with Crippen LogP contribution >= 0.6 is 0 Å². The molecule has 2 rings (SSSR count). The summed E-state index contributed by atoms with van der Waals surface area (Å²) in [5.41, 5.74) is 3.89. The van der Waals surface area contributed by atoms with Crippen molar-refractivity contribution in [2.45, 2.75) is 32.3 Å². The highest BCUT2D eigenvalue weighted by molar-refractivity contribution is 5.41. The van der Waals surface area contributed by atoms with Crippen LogP contribution in [0.25, 0.3) is 0 Å². The molecule has 1 aromatic rings. The Balaban J connectivity index is 2.15. The monoisotopic (exact) mass is 188 g/mol. The van der Waals surface area contributed by atoms with Gasteiger partial charge in [0.05, 0.1) is 6.10 Å². The molecule has 0 saturated carbocycles. The first-order valence-corrected chi connectivity index (χ1v) is 5.09. The molecule has 0 fully saturated rings. The Kier molecular flexibility index (Phi) is 2.42. The number of hydrogen-bond donors (Lipinski definition) is 1. The van der Waals surface area contributed by atoms with Gasteiger partial charge in [-0.15, -0.1) is 0 Å². The van der Waals surface area contributed by atoms with Gasteiger partial charge in [-0.3, -0.25) is 0 Å². The lowest BCUT2D eigenvalue weighted by molar-refractivity contribution is 0.178. The fraction of sp³-hybridized carbons (Fsp3) is 0.385. The summed E-state index contributed by atoms with van der Waals surface area (Å²) in [6.07, 6.45) is 2.65. The van der Waals surface area contributed by atoms with Gasteiger partial charge < -0.3 is 5.11 Å². The molecule has 1 nitrogen and oxygen atoms in total. The van der Waals surface area contributed by atoms with Crippen molar-refractivity contribution in [1.29, 1.82) is 0 Å². The molecule has 2 unspecified atom stereocenters. The summed E-state index contributed by atoms with van der Waals surface area (Å²) in [4.78, 5) is 0. The van der Waals surface area contributed by atoms with E-state index in [2.05, 4.69) is 18.2 Å². The number of aliphatic hydroxyl groups is 1. The number of fused-ring (bicyclic) bond motifs is 1. The molecule has 1 heteroatoms. The van der Waals surface area contributed by atoms with Gasteiger partial charge in [0.2, 0.25) is 0 Å². The lowest BCUT2D eigenvalue weighted by Crippen LogP contribution is -2.27. The van der Waals surface area contributed by atoms with Crippen LogP contribution in [-0.2, 0) is 6.42 Å². The third-order valence-corrected chi connectivity index (χ3v) is 2.81. The number of hydrogen-bond acceptors (Lipinski definition) is 1. The summed E-state index contributed by atoms with van der Waals surface area (Å²) in [6, 6.07) is 8.36. The Morgan fingerprint density at radius 3 is 2.79 bits per heavy atom. The second-order valence-electron chi connectivity index (χ2n) is 4.24. The maximum Gasteiger partial charge on any atom is 0.0795 e. The highest BCUT2D eigenvalue weighted by Gasteiger charge is 2.30. The highest BCUT2D eigenvalue weighted by Crippen LogP contribution is 2.37. The number of aliphatic hydroxyl groups excluding tert-OH is 1. The van der Waals surface area contributed by atoms with Crippen molar-refractivity contribution in [3.05, 3.63) is 47.0 Å². The van der Waals surface area contributed by atoms with E-state index in [1.54, 1.807) is 0 Å². The van der Waals surface area contributed by atoms with E-state index in [-0.39, 0.29) is 6.10 Å². The molecular weight excluding hydrogens is 172 g/mol. The van der Waals surface area contributed by atoms with Crippen molar-refractivity contribution in [1.82, 2.24) is 0 Å². The molecular formula is C13H16O. The topological polar surface area (TPSA) is 20.2 Å². The van der Waals surface area contributed by atoms with E-state index in [4.69, 9.17) is 0 Å². The van der Waals surface area contributed by atoms with Crippen LogP contribution in [0.1, 0.15) is 30.9 Å². The fourth-order valence-corrected chi connectivity index (χ4v) is 2.06. The van der Waals surface area contributed by atoms with Crippen LogP contribution in [0, 0.1) is 0 Å². The molecule has 0 heterocycles. The second kappa shape index (κ2) is 3.58. The van der Waals surface area contributed by atoms with E-state index in [1.807, 2.05) is 26.0 Å². The third kappa shape index (κ3) is 1.60. The summed E-state index contributed by atoms with van der Waals surface area (Å²) < 4.78 is 0. The first kappa shape index (κ1) is 9.47. The van der Waals surface area contributed by atoms with Gasteiger partial charge in [0.25, 0.3) is 0 Å². The Bertz CT molecular complexity index is 361. The average Bonchev–Trinajstić information content (AvgIpc) is 2.05. The van der Waals surface area contributed by atoms with Crippen LogP contribution in [0.2, 0.25) is 0 Å². The van der Waals surface area contributed by atoms with Crippen LogP contribution in [0.4, 0.5) is 0 Å². The zero-order chi connectivity index (χ0) is 10.1. The molecule has 0 spiro atoms. The molecule has 1 N–H and O–H groups in total. The standard InChI is InChI=1S/C13H16O/c1-9(2)7-13(14)12-8-10-5-3-4-6-11(10)12/h3-7,12-14H,8H2,1-2H3.